The first-order valence-corrected chi connectivity index (χ1v) is 6.83. The third kappa shape index (κ3) is 2.20. The number of hydrogen-bond acceptors (Lipinski definition) is 5. The Morgan fingerprint density at radius 1 is 1.53 bits per heavy atom. The summed E-state index contributed by atoms with van der Waals surface area (Å²) < 4.78 is 7.61. The molecule has 2 unspecified atom stereocenters. The minimum Gasteiger partial charge on any atom is -0.376 e. The molecule has 6 nitrogen and oxygen atoms in total. The molecule has 2 aliphatic heterocycles. The molecule has 0 amide bonds. The Bertz CT molecular complexity index is 489. The number of nitrogens with two attached hydrogens (primary N) is 1. The van der Waals surface area contributed by atoms with Crippen LogP contribution in [0.3, 0.4) is 0 Å². The molecule has 1 aromatic rings. The van der Waals surface area contributed by atoms with E-state index in [1.807, 2.05) is 17.9 Å². The van der Waals surface area contributed by atoms with Gasteiger partial charge < -0.3 is 15.4 Å². The highest BCUT2D eigenvalue weighted by Crippen LogP contribution is 2.29. The number of nitrogens with zero attached hydrogens (tertiary/aromatic N) is 4. The summed E-state index contributed by atoms with van der Waals surface area (Å²) in [6.07, 6.45) is 4.47. The molecule has 1 aromatic heterocycles. The Labute approximate surface area is 113 Å². The first-order chi connectivity index (χ1) is 9.16. The predicted molar refractivity (Wildman–Crippen MR) is 72.9 cm³/mol. The lowest BCUT2D eigenvalue weighted by atomic mass is 10.1. The van der Waals surface area contributed by atoms with Gasteiger partial charge in [-0.3, -0.25) is 9.67 Å². The number of rotatable bonds is 3. The van der Waals surface area contributed by atoms with E-state index in [0.717, 1.165) is 26.0 Å². The van der Waals surface area contributed by atoms with Crippen molar-refractivity contribution >= 4 is 5.96 Å². The molecule has 0 saturated carbocycles. The summed E-state index contributed by atoms with van der Waals surface area (Å²) in [6, 6.07) is 0.206. The minimum absolute atomic E-state index is 0.206. The van der Waals surface area contributed by atoms with Gasteiger partial charge in [0.15, 0.2) is 5.96 Å². The molecule has 1 saturated heterocycles. The van der Waals surface area contributed by atoms with Crippen molar-refractivity contribution in [2.45, 2.75) is 31.9 Å². The molecule has 104 valence electrons. The second-order valence-electron chi connectivity index (χ2n) is 5.31. The zero-order chi connectivity index (χ0) is 13.4. The van der Waals surface area contributed by atoms with Crippen LogP contribution in [0.5, 0.6) is 0 Å². The van der Waals surface area contributed by atoms with Crippen molar-refractivity contribution in [3.05, 3.63) is 17.5 Å². The lowest BCUT2D eigenvalue weighted by Gasteiger charge is -2.28. The molecular formula is C13H21N5O. The molecule has 6 heteroatoms. The molecule has 0 radical (unpaired) electrons. The predicted octanol–water partition coefficient (Wildman–Crippen LogP) is 0.579. The van der Waals surface area contributed by atoms with Crippen LogP contribution in [-0.4, -0.2) is 46.4 Å². The monoisotopic (exact) mass is 263 g/mol. The van der Waals surface area contributed by atoms with E-state index in [0.29, 0.717) is 12.5 Å². The number of aromatic nitrogens is 2. The van der Waals surface area contributed by atoms with E-state index in [9.17, 15) is 0 Å². The summed E-state index contributed by atoms with van der Waals surface area (Å²) in [5, 5.41) is 4.32. The van der Waals surface area contributed by atoms with Gasteiger partial charge >= 0.3 is 0 Å². The van der Waals surface area contributed by atoms with E-state index in [1.165, 1.54) is 11.3 Å². The molecule has 3 rings (SSSR count). The lowest BCUT2D eigenvalue weighted by molar-refractivity contribution is 0.0852. The second kappa shape index (κ2) is 4.85. The summed E-state index contributed by atoms with van der Waals surface area (Å²) in [5.74, 6) is 0.628. The van der Waals surface area contributed by atoms with Gasteiger partial charge in [-0.15, -0.1) is 0 Å². The third-order valence-corrected chi connectivity index (χ3v) is 4.15. The zero-order valence-corrected chi connectivity index (χ0v) is 11.5. The Balaban J connectivity index is 1.79. The summed E-state index contributed by atoms with van der Waals surface area (Å²) in [4.78, 5) is 6.56. The standard InChI is InChI=1S/C13H21N5O/c1-9-11(6-16-17(9)2)12-7-15-13(14)18(12)8-10-4-3-5-19-10/h6,10,12H,3-5,7-8H2,1-2H3,(H2,14,15). The highest BCUT2D eigenvalue weighted by molar-refractivity contribution is 5.80. The Hall–Kier alpha value is -1.56. The molecule has 2 N–H and O–H groups in total. The van der Waals surface area contributed by atoms with Crippen LogP contribution in [0, 0.1) is 6.92 Å². The quantitative estimate of drug-likeness (QED) is 0.866. The highest BCUT2D eigenvalue weighted by Gasteiger charge is 2.32. The first-order valence-electron chi connectivity index (χ1n) is 6.83. The molecule has 0 spiro atoms. The topological polar surface area (TPSA) is 68.7 Å². The van der Waals surface area contributed by atoms with Crippen molar-refractivity contribution in [1.82, 2.24) is 14.7 Å². The number of aryl methyl sites for hydroxylation is 1. The van der Waals surface area contributed by atoms with Crippen LogP contribution in [0.2, 0.25) is 0 Å². The van der Waals surface area contributed by atoms with E-state index < -0.39 is 0 Å². The Morgan fingerprint density at radius 3 is 3.00 bits per heavy atom. The average molecular weight is 263 g/mol. The normalized spacial score (nSPS) is 27.1. The van der Waals surface area contributed by atoms with Crippen LogP contribution in [0.1, 0.15) is 30.1 Å². The van der Waals surface area contributed by atoms with E-state index in [2.05, 4.69) is 21.9 Å². The van der Waals surface area contributed by atoms with Gasteiger partial charge in [0.25, 0.3) is 0 Å². The summed E-state index contributed by atoms with van der Waals surface area (Å²) in [7, 11) is 1.96. The fourth-order valence-electron chi connectivity index (χ4n) is 2.87. The van der Waals surface area contributed by atoms with Gasteiger partial charge in [0.2, 0.25) is 0 Å². The molecule has 2 aliphatic rings. The van der Waals surface area contributed by atoms with Gasteiger partial charge in [-0.2, -0.15) is 5.10 Å². The van der Waals surface area contributed by atoms with Crippen LogP contribution >= 0.6 is 0 Å². The zero-order valence-electron chi connectivity index (χ0n) is 11.5. The molecule has 2 atom stereocenters. The fourth-order valence-corrected chi connectivity index (χ4v) is 2.87. The summed E-state index contributed by atoms with van der Waals surface area (Å²) >= 11 is 0. The molecular weight excluding hydrogens is 242 g/mol. The van der Waals surface area contributed by atoms with Crippen LogP contribution in [0.4, 0.5) is 0 Å². The van der Waals surface area contributed by atoms with Gasteiger partial charge in [0.1, 0.15) is 0 Å². The molecule has 0 bridgehead atoms. The van der Waals surface area contributed by atoms with E-state index in [-0.39, 0.29) is 12.1 Å². The Morgan fingerprint density at radius 2 is 2.37 bits per heavy atom. The van der Waals surface area contributed by atoms with Crippen LogP contribution in [-0.2, 0) is 11.8 Å². The first kappa shape index (κ1) is 12.5. The number of hydrogen-bond donors (Lipinski definition) is 1. The number of ether oxygens (including phenoxy) is 1. The maximum atomic E-state index is 6.03. The van der Waals surface area contributed by atoms with Crippen LogP contribution in [0.25, 0.3) is 0 Å². The SMILES string of the molecule is Cc1c(C2CN=C(N)N2CC2CCCO2)cnn1C. The molecule has 1 fully saturated rings. The smallest absolute Gasteiger partial charge is 0.192 e. The minimum atomic E-state index is 0.206. The van der Waals surface area contributed by atoms with Crippen molar-refractivity contribution in [3.8, 4) is 0 Å². The maximum Gasteiger partial charge on any atom is 0.192 e. The van der Waals surface area contributed by atoms with Crippen molar-refractivity contribution in [3.63, 3.8) is 0 Å². The highest BCUT2D eigenvalue weighted by atomic mass is 16.5. The van der Waals surface area contributed by atoms with E-state index in [4.69, 9.17) is 10.5 Å². The van der Waals surface area contributed by atoms with Gasteiger partial charge in [-0.25, -0.2) is 0 Å². The average Bonchev–Trinajstić information content (AvgIpc) is 3.08. The van der Waals surface area contributed by atoms with Crippen LogP contribution < -0.4 is 5.73 Å². The van der Waals surface area contributed by atoms with Gasteiger partial charge in [0, 0.05) is 31.5 Å². The van der Waals surface area contributed by atoms with E-state index >= 15 is 0 Å². The van der Waals surface area contributed by atoms with Crippen molar-refractivity contribution in [2.24, 2.45) is 17.8 Å². The maximum absolute atomic E-state index is 6.03. The molecule has 3 heterocycles. The Kier molecular flexibility index (Phi) is 3.18. The summed E-state index contributed by atoms with van der Waals surface area (Å²) in [5.41, 5.74) is 8.42. The van der Waals surface area contributed by atoms with Crippen molar-refractivity contribution in [1.29, 1.82) is 0 Å². The van der Waals surface area contributed by atoms with Gasteiger partial charge in [-0.1, -0.05) is 0 Å². The number of guanidine groups is 1. The van der Waals surface area contributed by atoms with Crippen LogP contribution in [0.15, 0.2) is 11.2 Å². The second-order valence-corrected chi connectivity index (χ2v) is 5.31. The lowest BCUT2D eigenvalue weighted by Crippen LogP contribution is -2.41. The van der Waals surface area contributed by atoms with Gasteiger partial charge in [-0.05, 0) is 19.8 Å². The van der Waals surface area contributed by atoms with Crippen molar-refractivity contribution < 1.29 is 4.74 Å². The summed E-state index contributed by atoms with van der Waals surface area (Å²) in [6.45, 7) is 4.49. The third-order valence-electron chi connectivity index (χ3n) is 4.15. The fraction of sp³-hybridized carbons (Fsp3) is 0.692. The van der Waals surface area contributed by atoms with E-state index in [1.54, 1.807) is 0 Å². The largest absolute Gasteiger partial charge is 0.376 e. The molecule has 0 aromatic carbocycles. The molecule has 19 heavy (non-hydrogen) atoms. The number of aliphatic imine (C=N–C) groups is 1. The molecule has 0 aliphatic carbocycles. The van der Waals surface area contributed by atoms with Crippen molar-refractivity contribution in [2.75, 3.05) is 19.7 Å². The van der Waals surface area contributed by atoms with Gasteiger partial charge in [0.05, 0.1) is 24.9 Å².